The van der Waals surface area contributed by atoms with Gasteiger partial charge in [-0.15, -0.1) is 0 Å². The zero-order chi connectivity index (χ0) is 16.2. The van der Waals surface area contributed by atoms with Crippen molar-refractivity contribution in [1.29, 1.82) is 0 Å². The number of amides is 1. The number of carbonyl (C=O) groups is 1. The summed E-state index contributed by atoms with van der Waals surface area (Å²) < 4.78 is 12.9. The van der Waals surface area contributed by atoms with Crippen molar-refractivity contribution in [2.24, 2.45) is 0 Å². The minimum absolute atomic E-state index is 0.0462. The summed E-state index contributed by atoms with van der Waals surface area (Å²) in [5.41, 5.74) is 0.930. The van der Waals surface area contributed by atoms with Gasteiger partial charge in [-0.1, -0.05) is 23.9 Å². The smallest absolute Gasteiger partial charge is 0.242 e. The Morgan fingerprint density at radius 3 is 2.70 bits per heavy atom. The molecule has 0 radical (unpaired) electrons. The number of halogens is 1. The van der Waals surface area contributed by atoms with Crippen LogP contribution in [0.1, 0.15) is 5.56 Å². The summed E-state index contributed by atoms with van der Waals surface area (Å²) in [7, 11) is 0. The lowest BCUT2D eigenvalue weighted by Gasteiger charge is -2.35. The van der Waals surface area contributed by atoms with E-state index in [0.717, 1.165) is 17.9 Å². The van der Waals surface area contributed by atoms with Crippen molar-refractivity contribution in [3.05, 3.63) is 47.9 Å². The maximum atomic E-state index is 12.9. The summed E-state index contributed by atoms with van der Waals surface area (Å²) in [6.07, 6.45) is 3.63. The minimum Gasteiger partial charge on any atom is -0.345 e. The van der Waals surface area contributed by atoms with Crippen LogP contribution in [-0.4, -0.2) is 46.7 Å². The Bertz CT molecular complexity index is 695. The highest BCUT2D eigenvalue weighted by Gasteiger charge is 2.25. The molecule has 7 heteroatoms. The van der Waals surface area contributed by atoms with E-state index in [1.54, 1.807) is 23.2 Å². The van der Waals surface area contributed by atoms with Crippen LogP contribution < -0.4 is 4.90 Å². The minimum atomic E-state index is -0.266. The zero-order valence-corrected chi connectivity index (χ0v) is 13.6. The van der Waals surface area contributed by atoms with Crippen molar-refractivity contribution in [3.63, 3.8) is 0 Å². The normalized spacial score (nSPS) is 15.1. The lowest BCUT2D eigenvalue weighted by Crippen LogP contribution is -2.50. The topological polar surface area (TPSA) is 49.3 Å². The molecule has 0 aliphatic carbocycles. The molecule has 0 bridgehead atoms. The van der Waals surface area contributed by atoms with Crippen molar-refractivity contribution in [1.82, 2.24) is 14.9 Å². The number of piperazine rings is 1. The monoisotopic (exact) mass is 332 g/mol. The number of carbonyl (C=O) groups excluding carboxylic acids is 1. The Labute approximate surface area is 138 Å². The summed E-state index contributed by atoms with van der Waals surface area (Å²) in [6, 6.07) is 8.08. The van der Waals surface area contributed by atoms with Crippen LogP contribution in [0.15, 0.2) is 41.7 Å². The number of anilines is 1. The highest BCUT2D eigenvalue weighted by Crippen LogP contribution is 2.18. The first-order valence-corrected chi connectivity index (χ1v) is 8.52. The third-order valence-corrected chi connectivity index (χ3v) is 4.29. The van der Waals surface area contributed by atoms with E-state index in [9.17, 15) is 9.18 Å². The second kappa shape index (κ2) is 6.95. The maximum absolute atomic E-state index is 12.9. The van der Waals surface area contributed by atoms with Gasteiger partial charge in [-0.2, -0.15) is 0 Å². The highest BCUT2D eigenvalue weighted by molar-refractivity contribution is 7.98. The van der Waals surface area contributed by atoms with E-state index < -0.39 is 0 Å². The van der Waals surface area contributed by atoms with Crippen molar-refractivity contribution in [2.75, 3.05) is 30.8 Å². The predicted octanol–water partition coefficient (Wildman–Crippen LogP) is 2.19. The zero-order valence-electron chi connectivity index (χ0n) is 12.8. The third-order valence-electron chi connectivity index (χ3n) is 3.73. The predicted molar refractivity (Wildman–Crippen MR) is 87.8 cm³/mol. The maximum Gasteiger partial charge on any atom is 0.242 e. The standard InChI is InChI=1S/C16H17FN4OS/c1-23-16-18-7-6-14(19-16)20-8-9-21(15(22)11-20)10-12-2-4-13(17)5-3-12/h2-7H,8-11H2,1H3. The number of thioether (sulfide) groups is 1. The average molecular weight is 332 g/mol. The summed E-state index contributed by atoms with van der Waals surface area (Å²) in [4.78, 5) is 24.7. The third kappa shape index (κ3) is 3.79. The lowest BCUT2D eigenvalue weighted by atomic mass is 10.2. The number of nitrogens with zero attached hydrogens (tertiary/aromatic N) is 4. The molecule has 0 saturated carbocycles. The SMILES string of the molecule is CSc1nccc(N2CCN(Cc3ccc(F)cc3)C(=O)C2)n1. The van der Waals surface area contributed by atoms with Gasteiger partial charge >= 0.3 is 0 Å². The summed E-state index contributed by atoms with van der Waals surface area (Å²) >= 11 is 1.48. The van der Waals surface area contributed by atoms with Crippen molar-refractivity contribution < 1.29 is 9.18 Å². The Morgan fingerprint density at radius 1 is 1.22 bits per heavy atom. The van der Waals surface area contributed by atoms with Crippen LogP contribution in [0.2, 0.25) is 0 Å². The van der Waals surface area contributed by atoms with Gasteiger partial charge in [-0.05, 0) is 30.0 Å². The molecule has 120 valence electrons. The molecule has 0 N–H and O–H groups in total. The molecule has 23 heavy (non-hydrogen) atoms. The van der Waals surface area contributed by atoms with Crippen LogP contribution in [-0.2, 0) is 11.3 Å². The molecule has 2 heterocycles. The van der Waals surface area contributed by atoms with Gasteiger partial charge in [0.15, 0.2) is 5.16 Å². The van der Waals surface area contributed by atoms with Gasteiger partial charge in [-0.25, -0.2) is 14.4 Å². The van der Waals surface area contributed by atoms with Crippen LogP contribution in [0.5, 0.6) is 0 Å². The van der Waals surface area contributed by atoms with Crippen molar-refractivity contribution in [3.8, 4) is 0 Å². The van der Waals surface area contributed by atoms with E-state index in [1.165, 1.54) is 23.9 Å². The number of aromatic nitrogens is 2. The molecule has 0 spiro atoms. The molecule has 0 unspecified atom stereocenters. The molecular weight excluding hydrogens is 315 g/mol. The molecule has 3 rings (SSSR count). The fourth-order valence-electron chi connectivity index (χ4n) is 2.49. The Kier molecular flexibility index (Phi) is 4.76. The molecule has 1 amide bonds. The van der Waals surface area contributed by atoms with E-state index >= 15 is 0 Å². The quantitative estimate of drug-likeness (QED) is 0.634. The molecule has 1 aromatic carbocycles. The largest absolute Gasteiger partial charge is 0.345 e. The van der Waals surface area contributed by atoms with Gasteiger partial charge in [0.2, 0.25) is 5.91 Å². The molecule has 2 aromatic rings. The van der Waals surface area contributed by atoms with Gasteiger partial charge in [0, 0.05) is 25.8 Å². The Morgan fingerprint density at radius 2 is 2.00 bits per heavy atom. The van der Waals surface area contributed by atoms with Gasteiger partial charge in [0.25, 0.3) is 0 Å². The van der Waals surface area contributed by atoms with E-state index in [4.69, 9.17) is 0 Å². The average Bonchev–Trinajstić information content (AvgIpc) is 2.58. The van der Waals surface area contributed by atoms with E-state index in [-0.39, 0.29) is 11.7 Å². The fourth-order valence-corrected chi connectivity index (χ4v) is 2.84. The highest BCUT2D eigenvalue weighted by atomic mass is 32.2. The first-order valence-electron chi connectivity index (χ1n) is 7.30. The van der Waals surface area contributed by atoms with E-state index in [2.05, 4.69) is 9.97 Å². The van der Waals surface area contributed by atoms with Crippen LogP contribution in [0.25, 0.3) is 0 Å². The molecular formula is C16H17FN4OS. The summed E-state index contributed by atoms with van der Waals surface area (Å²) in [5, 5.41) is 0.698. The van der Waals surface area contributed by atoms with Gasteiger partial charge in [0.05, 0.1) is 6.54 Å². The Hall–Kier alpha value is -2.15. The van der Waals surface area contributed by atoms with E-state index in [1.807, 2.05) is 17.2 Å². The molecule has 0 atom stereocenters. The first-order chi connectivity index (χ1) is 11.2. The Balaban J connectivity index is 1.65. The second-order valence-corrected chi connectivity index (χ2v) is 6.04. The van der Waals surface area contributed by atoms with Crippen LogP contribution >= 0.6 is 11.8 Å². The van der Waals surface area contributed by atoms with Gasteiger partial charge in [0.1, 0.15) is 11.6 Å². The molecule has 1 aromatic heterocycles. The molecule has 1 saturated heterocycles. The molecule has 1 aliphatic rings. The van der Waals surface area contributed by atoms with Crippen LogP contribution in [0.3, 0.4) is 0 Å². The second-order valence-electron chi connectivity index (χ2n) is 5.26. The van der Waals surface area contributed by atoms with Gasteiger partial charge in [-0.3, -0.25) is 4.79 Å². The number of benzene rings is 1. The van der Waals surface area contributed by atoms with Crippen molar-refractivity contribution >= 4 is 23.5 Å². The lowest BCUT2D eigenvalue weighted by molar-refractivity contribution is -0.131. The van der Waals surface area contributed by atoms with Crippen LogP contribution in [0.4, 0.5) is 10.2 Å². The van der Waals surface area contributed by atoms with Gasteiger partial charge < -0.3 is 9.80 Å². The summed E-state index contributed by atoms with van der Waals surface area (Å²) in [6.45, 7) is 2.14. The van der Waals surface area contributed by atoms with E-state index in [0.29, 0.717) is 24.8 Å². The van der Waals surface area contributed by atoms with Crippen LogP contribution in [0, 0.1) is 5.82 Å². The van der Waals surface area contributed by atoms with Crippen molar-refractivity contribution in [2.45, 2.75) is 11.7 Å². The first kappa shape index (κ1) is 15.7. The summed E-state index contributed by atoms with van der Waals surface area (Å²) in [5.74, 6) is 0.558. The molecule has 1 aliphatic heterocycles. The number of hydrogen-bond donors (Lipinski definition) is 0. The molecule has 1 fully saturated rings. The molecule has 5 nitrogen and oxygen atoms in total. The number of rotatable bonds is 4. The number of hydrogen-bond acceptors (Lipinski definition) is 5. The fraction of sp³-hybridized carbons (Fsp3) is 0.312.